The predicted molar refractivity (Wildman–Crippen MR) is 102 cm³/mol. The number of rotatable bonds is 7. The Morgan fingerprint density at radius 1 is 1.26 bits per heavy atom. The summed E-state index contributed by atoms with van der Waals surface area (Å²) in [6.45, 7) is 3.34. The fraction of sp³-hybridized carbons (Fsp3) is 0.524. The average Bonchev–Trinajstić information content (AvgIpc) is 2.71. The molecule has 1 N–H and O–H groups in total. The van der Waals surface area contributed by atoms with Crippen molar-refractivity contribution in [2.45, 2.75) is 39.0 Å². The van der Waals surface area contributed by atoms with Gasteiger partial charge in [-0.25, -0.2) is 0 Å². The van der Waals surface area contributed by atoms with Crippen molar-refractivity contribution < 1.29 is 19.1 Å². The highest BCUT2D eigenvalue weighted by Crippen LogP contribution is 2.46. The van der Waals surface area contributed by atoms with Gasteiger partial charge < -0.3 is 19.7 Å². The SMILES string of the molecule is CCN1C(=O)CCC2(C(=O)NCCOc3ccccc3OC)CCCC=C12. The van der Waals surface area contributed by atoms with Crippen LogP contribution in [-0.4, -0.2) is 43.5 Å². The lowest BCUT2D eigenvalue weighted by Gasteiger charge is -2.45. The molecule has 6 heteroatoms. The number of ether oxygens (including phenoxy) is 2. The molecule has 1 aromatic carbocycles. The van der Waals surface area contributed by atoms with Gasteiger partial charge in [-0.2, -0.15) is 0 Å². The van der Waals surface area contributed by atoms with E-state index in [1.165, 1.54) is 0 Å². The zero-order chi connectivity index (χ0) is 19.3. The number of para-hydroxylation sites is 2. The van der Waals surface area contributed by atoms with Crippen LogP contribution in [0.3, 0.4) is 0 Å². The summed E-state index contributed by atoms with van der Waals surface area (Å²) in [5.41, 5.74) is 0.322. The summed E-state index contributed by atoms with van der Waals surface area (Å²) in [4.78, 5) is 27.1. The Morgan fingerprint density at radius 2 is 2.04 bits per heavy atom. The van der Waals surface area contributed by atoms with Gasteiger partial charge >= 0.3 is 0 Å². The fourth-order valence-corrected chi connectivity index (χ4v) is 4.10. The molecule has 0 radical (unpaired) electrons. The van der Waals surface area contributed by atoms with Crippen LogP contribution in [0.1, 0.15) is 39.0 Å². The summed E-state index contributed by atoms with van der Waals surface area (Å²) >= 11 is 0. The van der Waals surface area contributed by atoms with E-state index in [0.717, 1.165) is 25.0 Å². The average molecular weight is 372 g/mol. The first-order valence-corrected chi connectivity index (χ1v) is 9.67. The minimum atomic E-state index is -0.577. The molecule has 3 rings (SSSR count). The van der Waals surface area contributed by atoms with Gasteiger partial charge in [-0.05, 0) is 44.7 Å². The minimum Gasteiger partial charge on any atom is -0.493 e. The Morgan fingerprint density at radius 3 is 2.78 bits per heavy atom. The van der Waals surface area contributed by atoms with Crippen LogP contribution < -0.4 is 14.8 Å². The van der Waals surface area contributed by atoms with Gasteiger partial charge in [-0.1, -0.05) is 18.2 Å². The van der Waals surface area contributed by atoms with Crippen molar-refractivity contribution in [3.05, 3.63) is 36.0 Å². The van der Waals surface area contributed by atoms with Gasteiger partial charge in [0, 0.05) is 18.7 Å². The molecule has 2 aliphatic rings. The molecule has 1 aliphatic carbocycles. The summed E-state index contributed by atoms with van der Waals surface area (Å²) in [5, 5.41) is 3.03. The lowest BCUT2D eigenvalue weighted by Crippen LogP contribution is -2.53. The summed E-state index contributed by atoms with van der Waals surface area (Å²) < 4.78 is 11.0. The van der Waals surface area contributed by atoms with Gasteiger partial charge in [-0.15, -0.1) is 0 Å². The van der Waals surface area contributed by atoms with Gasteiger partial charge in [0.25, 0.3) is 0 Å². The van der Waals surface area contributed by atoms with Crippen LogP contribution in [0.4, 0.5) is 0 Å². The van der Waals surface area contributed by atoms with Crippen LogP contribution in [-0.2, 0) is 9.59 Å². The van der Waals surface area contributed by atoms with Crippen LogP contribution in [0.2, 0.25) is 0 Å². The second-order valence-corrected chi connectivity index (χ2v) is 6.96. The maximum atomic E-state index is 13.1. The van der Waals surface area contributed by atoms with Crippen molar-refractivity contribution in [1.82, 2.24) is 10.2 Å². The second kappa shape index (κ2) is 8.46. The Bertz CT molecular complexity index is 731. The Kier molecular flexibility index (Phi) is 6.04. The van der Waals surface area contributed by atoms with E-state index < -0.39 is 5.41 Å². The maximum absolute atomic E-state index is 13.1. The highest BCUT2D eigenvalue weighted by atomic mass is 16.5. The summed E-state index contributed by atoms with van der Waals surface area (Å²) in [6.07, 6.45) is 5.78. The first kappa shape index (κ1) is 19.3. The standard InChI is InChI=1S/C21H28N2O4/c1-3-23-18-10-6-7-12-21(18,13-11-19(23)24)20(25)22-14-15-27-17-9-5-4-8-16(17)26-2/h4-5,8-10H,3,6-7,11-15H2,1-2H3,(H,22,25). The van der Waals surface area contributed by atoms with Gasteiger partial charge in [0.15, 0.2) is 11.5 Å². The lowest BCUT2D eigenvalue weighted by molar-refractivity contribution is -0.140. The smallest absolute Gasteiger partial charge is 0.232 e. The number of hydrogen-bond donors (Lipinski definition) is 1. The van der Waals surface area contributed by atoms with Crippen molar-refractivity contribution in [3.63, 3.8) is 0 Å². The molecule has 0 spiro atoms. The Balaban J connectivity index is 1.62. The van der Waals surface area contributed by atoms with E-state index in [1.54, 1.807) is 12.0 Å². The van der Waals surface area contributed by atoms with Gasteiger partial charge in [0.2, 0.25) is 11.8 Å². The number of hydrogen-bond acceptors (Lipinski definition) is 4. The number of likely N-dealkylation sites (tertiary alicyclic amines) is 1. The third-order valence-corrected chi connectivity index (χ3v) is 5.46. The largest absolute Gasteiger partial charge is 0.493 e. The number of carbonyl (C=O) groups is 2. The van der Waals surface area contributed by atoms with Crippen molar-refractivity contribution >= 4 is 11.8 Å². The number of nitrogens with zero attached hydrogens (tertiary/aromatic N) is 1. The molecule has 146 valence electrons. The Hall–Kier alpha value is -2.50. The van der Waals surface area contributed by atoms with E-state index in [1.807, 2.05) is 31.2 Å². The molecule has 1 aliphatic heterocycles. The van der Waals surface area contributed by atoms with Crippen LogP contribution in [0.5, 0.6) is 11.5 Å². The van der Waals surface area contributed by atoms with Gasteiger partial charge in [-0.3, -0.25) is 9.59 Å². The topological polar surface area (TPSA) is 67.9 Å². The van der Waals surface area contributed by atoms with Crippen molar-refractivity contribution in [3.8, 4) is 11.5 Å². The van der Waals surface area contributed by atoms with Crippen molar-refractivity contribution in [2.75, 3.05) is 26.8 Å². The number of carbonyl (C=O) groups excluding carboxylic acids is 2. The molecule has 6 nitrogen and oxygen atoms in total. The van der Waals surface area contributed by atoms with Crippen molar-refractivity contribution in [2.24, 2.45) is 5.41 Å². The van der Waals surface area contributed by atoms with Crippen LogP contribution >= 0.6 is 0 Å². The van der Waals surface area contributed by atoms with Crippen molar-refractivity contribution in [1.29, 1.82) is 0 Å². The fourth-order valence-electron chi connectivity index (χ4n) is 4.10. The summed E-state index contributed by atoms with van der Waals surface area (Å²) in [7, 11) is 1.60. The molecule has 1 fully saturated rings. The number of piperidine rings is 1. The zero-order valence-corrected chi connectivity index (χ0v) is 16.1. The third kappa shape index (κ3) is 3.80. The van der Waals surface area contributed by atoms with Crippen LogP contribution in [0.15, 0.2) is 36.0 Å². The normalized spacial score (nSPS) is 21.9. The first-order valence-electron chi connectivity index (χ1n) is 9.67. The summed E-state index contributed by atoms with van der Waals surface area (Å²) in [6, 6.07) is 7.44. The molecule has 0 bridgehead atoms. The van der Waals surface area contributed by atoms with Gasteiger partial charge in [0.1, 0.15) is 6.61 Å². The molecule has 1 aromatic rings. The molecular formula is C21H28N2O4. The minimum absolute atomic E-state index is 0.00280. The monoisotopic (exact) mass is 372 g/mol. The molecule has 1 saturated heterocycles. The predicted octanol–water partition coefficient (Wildman–Crippen LogP) is 2.89. The van der Waals surface area contributed by atoms with E-state index in [4.69, 9.17) is 9.47 Å². The van der Waals surface area contributed by atoms with E-state index in [0.29, 0.717) is 44.0 Å². The van der Waals surface area contributed by atoms with Crippen LogP contribution in [0.25, 0.3) is 0 Å². The number of methoxy groups -OCH3 is 1. The number of fused-ring (bicyclic) bond motifs is 1. The quantitative estimate of drug-likeness (QED) is 0.748. The third-order valence-electron chi connectivity index (χ3n) is 5.46. The molecular weight excluding hydrogens is 344 g/mol. The molecule has 1 heterocycles. The van der Waals surface area contributed by atoms with E-state index in [2.05, 4.69) is 11.4 Å². The van der Waals surface area contributed by atoms with E-state index in [-0.39, 0.29) is 11.8 Å². The number of allylic oxidation sites excluding steroid dienone is 1. The number of nitrogens with one attached hydrogen (secondary N) is 1. The molecule has 1 atom stereocenters. The van der Waals surface area contributed by atoms with E-state index in [9.17, 15) is 9.59 Å². The molecule has 2 amide bonds. The highest BCUT2D eigenvalue weighted by molar-refractivity contribution is 5.91. The first-order chi connectivity index (χ1) is 13.1. The molecule has 0 aromatic heterocycles. The number of amides is 2. The maximum Gasteiger partial charge on any atom is 0.232 e. The van der Waals surface area contributed by atoms with Gasteiger partial charge in [0.05, 0.1) is 19.1 Å². The number of benzene rings is 1. The Labute approximate surface area is 160 Å². The zero-order valence-electron chi connectivity index (χ0n) is 16.1. The summed E-state index contributed by atoms with van der Waals surface area (Å²) in [5.74, 6) is 1.45. The molecule has 0 saturated carbocycles. The van der Waals surface area contributed by atoms with Crippen LogP contribution in [0, 0.1) is 5.41 Å². The molecule has 1 unspecified atom stereocenters. The lowest BCUT2D eigenvalue weighted by atomic mass is 9.69. The van der Waals surface area contributed by atoms with E-state index >= 15 is 0 Å². The highest BCUT2D eigenvalue weighted by Gasteiger charge is 2.48. The second-order valence-electron chi connectivity index (χ2n) is 6.96. The molecule has 27 heavy (non-hydrogen) atoms.